The summed E-state index contributed by atoms with van der Waals surface area (Å²) in [5.74, 6) is 4.87. The first-order chi connectivity index (χ1) is 14.5. The van der Waals surface area contributed by atoms with E-state index in [-0.39, 0.29) is 23.1 Å². The fourth-order valence-corrected chi connectivity index (χ4v) is 5.26. The van der Waals surface area contributed by atoms with E-state index in [0.29, 0.717) is 23.4 Å². The molecule has 0 radical (unpaired) electrons. The number of nitrogens with zero attached hydrogens (tertiary/aromatic N) is 4. The molecule has 0 spiro atoms. The predicted molar refractivity (Wildman–Crippen MR) is 111 cm³/mol. The molecule has 1 aliphatic heterocycles. The molecule has 0 unspecified atom stereocenters. The summed E-state index contributed by atoms with van der Waals surface area (Å²) in [5.41, 5.74) is 5.95. The number of hydrogen-bond donors (Lipinski definition) is 1. The number of thioether (sulfide) groups is 1. The smallest absolute Gasteiger partial charge is 0.205 e. The zero-order chi connectivity index (χ0) is 21.4. The van der Waals surface area contributed by atoms with E-state index in [2.05, 4.69) is 32.7 Å². The van der Waals surface area contributed by atoms with Crippen LogP contribution in [0, 0.1) is 41.5 Å². The second-order valence-corrected chi connectivity index (χ2v) is 8.66. The molecule has 0 bridgehead atoms. The molecule has 5 nitrogen and oxygen atoms in total. The number of fused-ring (bicyclic) bond motifs is 1. The van der Waals surface area contributed by atoms with Crippen molar-refractivity contribution in [3.05, 3.63) is 70.6 Å². The summed E-state index contributed by atoms with van der Waals surface area (Å²) in [6.45, 7) is 6.03. The Bertz CT molecular complexity index is 1190. The summed E-state index contributed by atoms with van der Waals surface area (Å²) in [4.78, 5) is 11.7. The average Bonchev–Trinajstić information content (AvgIpc) is 3.47. The minimum absolute atomic E-state index is 0.0983. The lowest BCUT2D eigenvalue weighted by molar-refractivity contribution is 0.263. The Kier molecular flexibility index (Phi) is 4.94. The van der Waals surface area contributed by atoms with Gasteiger partial charge in [0, 0.05) is 28.0 Å². The van der Waals surface area contributed by atoms with Gasteiger partial charge in [-0.05, 0) is 36.6 Å². The van der Waals surface area contributed by atoms with Gasteiger partial charge in [-0.3, -0.25) is 4.98 Å². The molecular weight excluding hydrogens is 404 g/mol. The maximum Gasteiger partial charge on any atom is 0.205 e. The van der Waals surface area contributed by atoms with Crippen LogP contribution in [0.1, 0.15) is 29.7 Å². The number of halogens is 2. The molecule has 1 saturated carbocycles. The van der Waals surface area contributed by atoms with Crippen molar-refractivity contribution >= 4 is 22.6 Å². The second-order valence-electron chi connectivity index (χ2n) is 7.22. The molecule has 8 heteroatoms. The van der Waals surface area contributed by atoms with Gasteiger partial charge in [-0.2, -0.15) is 5.26 Å². The van der Waals surface area contributed by atoms with E-state index < -0.39 is 22.8 Å². The van der Waals surface area contributed by atoms with Crippen molar-refractivity contribution in [3.8, 4) is 17.9 Å². The number of aliphatic imine (C=N–C) groups is 1. The summed E-state index contributed by atoms with van der Waals surface area (Å²) in [7, 11) is 0. The lowest BCUT2D eigenvalue weighted by atomic mass is 9.84. The van der Waals surface area contributed by atoms with Gasteiger partial charge < -0.3 is 5.73 Å². The molecule has 0 amide bonds. The summed E-state index contributed by atoms with van der Waals surface area (Å²) >= 11 is 1.28. The lowest BCUT2D eigenvalue weighted by Gasteiger charge is -2.34. The quantitative estimate of drug-likeness (QED) is 0.601. The number of aromatic nitrogens is 1. The first kappa shape index (κ1) is 19.9. The Balaban J connectivity index is 1.73. The molecule has 1 fully saturated rings. The highest BCUT2D eigenvalue weighted by molar-refractivity contribution is 8.15. The lowest BCUT2D eigenvalue weighted by Crippen LogP contribution is -2.40. The number of hydrogen-bond acceptors (Lipinski definition) is 5. The van der Waals surface area contributed by atoms with Crippen LogP contribution in [-0.4, -0.2) is 21.6 Å². The van der Waals surface area contributed by atoms with Crippen LogP contribution in [0.3, 0.4) is 0 Å². The normalized spacial score (nSPS) is 26.3. The topological polar surface area (TPSA) is 79.4 Å². The van der Waals surface area contributed by atoms with E-state index in [1.165, 1.54) is 36.2 Å². The largest absolute Gasteiger partial charge is 0.378 e. The number of alkyl halides is 1. The van der Waals surface area contributed by atoms with Crippen molar-refractivity contribution in [3.63, 3.8) is 0 Å². The van der Waals surface area contributed by atoms with Crippen molar-refractivity contribution < 1.29 is 8.78 Å². The number of benzene rings is 1. The van der Waals surface area contributed by atoms with E-state index in [4.69, 9.17) is 17.6 Å². The molecule has 2 heterocycles. The van der Waals surface area contributed by atoms with Crippen LogP contribution in [0.5, 0.6) is 0 Å². The van der Waals surface area contributed by atoms with Crippen LogP contribution in [-0.2, 0) is 5.54 Å². The van der Waals surface area contributed by atoms with Gasteiger partial charge in [0.05, 0.1) is 19.1 Å². The van der Waals surface area contributed by atoms with Gasteiger partial charge >= 0.3 is 0 Å². The first-order valence-electron chi connectivity index (χ1n) is 9.09. The molecule has 0 saturated heterocycles. The van der Waals surface area contributed by atoms with Crippen LogP contribution in [0.2, 0.25) is 0 Å². The fraction of sp³-hybridized carbons (Fsp3) is 0.273. The zero-order valence-electron chi connectivity index (χ0n) is 15.7. The molecular formula is C22H15F2N5S. The van der Waals surface area contributed by atoms with Gasteiger partial charge in [0.25, 0.3) is 0 Å². The van der Waals surface area contributed by atoms with E-state index in [0.717, 1.165) is 0 Å². The summed E-state index contributed by atoms with van der Waals surface area (Å²) in [6.07, 6.45) is 2.17. The first-order valence-corrected chi connectivity index (χ1v) is 9.91. The van der Waals surface area contributed by atoms with Crippen LogP contribution in [0.4, 0.5) is 14.5 Å². The highest BCUT2D eigenvalue weighted by atomic mass is 32.2. The van der Waals surface area contributed by atoms with E-state index in [1.54, 1.807) is 12.1 Å². The van der Waals surface area contributed by atoms with Gasteiger partial charge in [0.15, 0.2) is 5.17 Å². The van der Waals surface area contributed by atoms with Gasteiger partial charge in [0.1, 0.15) is 23.7 Å². The van der Waals surface area contributed by atoms with E-state index >= 15 is 0 Å². The van der Waals surface area contributed by atoms with Gasteiger partial charge in [-0.25, -0.2) is 18.6 Å². The number of amidine groups is 1. The monoisotopic (exact) mass is 419 g/mol. The van der Waals surface area contributed by atoms with Crippen LogP contribution >= 0.6 is 11.8 Å². The van der Waals surface area contributed by atoms with Crippen molar-refractivity contribution in [2.75, 3.05) is 6.67 Å². The minimum Gasteiger partial charge on any atom is -0.378 e. The van der Waals surface area contributed by atoms with E-state index in [9.17, 15) is 8.78 Å². The SMILES string of the molecule is [C-]#[N+]c1ccc(C#Cc2ccc(F)c([C@@]3(CF)N=C(N)S[C@@]4(CC#N)C[C@H]43)c2)nc1. The van der Waals surface area contributed by atoms with Crippen molar-refractivity contribution in [2.45, 2.75) is 23.1 Å². The van der Waals surface area contributed by atoms with Gasteiger partial charge in [-0.1, -0.05) is 23.7 Å². The Morgan fingerprint density at radius 2 is 2.17 bits per heavy atom. The molecule has 1 aromatic heterocycles. The fourth-order valence-electron chi connectivity index (χ4n) is 3.91. The highest BCUT2D eigenvalue weighted by Gasteiger charge is 2.68. The number of rotatable bonds is 3. The maximum absolute atomic E-state index is 14.8. The minimum atomic E-state index is -1.45. The molecule has 148 valence electrons. The molecule has 1 aromatic carbocycles. The third kappa shape index (κ3) is 3.28. The summed E-state index contributed by atoms with van der Waals surface area (Å²) in [5, 5.41) is 9.33. The molecule has 2 aliphatic rings. The zero-order valence-corrected chi connectivity index (χ0v) is 16.5. The van der Waals surface area contributed by atoms with Crippen molar-refractivity contribution in [1.29, 1.82) is 5.26 Å². The Morgan fingerprint density at radius 3 is 2.83 bits per heavy atom. The number of nitriles is 1. The maximum atomic E-state index is 14.8. The number of nitrogens with two attached hydrogens (primary N) is 1. The molecule has 2 aromatic rings. The van der Waals surface area contributed by atoms with Crippen LogP contribution in [0.15, 0.2) is 41.5 Å². The Morgan fingerprint density at radius 1 is 1.33 bits per heavy atom. The van der Waals surface area contributed by atoms with Crippen LogP contribution < -0.4 is 5.73 Å². The second kappa shape index (κ2) is 7.44. The van der Waals surface area contributed by atoms with Gasteiger partial charge in [0.2, 0.25) is 5.69 Å². The molecule has 4 rings (SSSR count). The van der Waals surface area contributed by atoms with Crippen LogP contribution in [0.25, 0.3) is 4.85 Å². The van der Waals surface area contributed by atoms with Crippen molar-refractivity contribution in [2.24, 2.45) is 16.6 Å². The molecule has 1 aliphatic carbocycles. The standard InChI is InChI=1S/C22H15F2N5S/c1-27-16-6-5-15(28-12-16)4-2-14-3-7-18(24)17(10-14)22(13-23)19-11-21(19,8-9-25)30-20(26)29-22/h3,5-7,10,12,19H,8,11,13H2,(H2,26,29)/t19-,21+,22-/m1/s1. The summed E-state index contributed by atoms with van der Waals surface area (Å²) in [6, 6.07) is 9.61. The Hall–Kier alpha value is -3.41. The Labute approximate surface area is 176 Å². The highest BCUT2D eigenvalue weighted by Crippen LogP contribution is 2.67. The molecule has 30 heavy (non-hydrogen) atoms. The third-order valence-corrected chi connectivity index (χ3v) is 6.75. The molecule has 2 N–H and O–H groups in total. The average molecular weight is 419 g/mol. The van der Waals surface area contributed by atoms with E-state index in [1.807, 2.05) is 0 Å². The van der Waals surface area contributed by atoms with Gasteiger partial charge in [-0.15, -0.1) is 0 Å². The summed E-state index contributed by atoms with van der Waals surface area (Å²) < 4.78 is 28.7. The number of pyridine rings is 1. The van der Waals surface area contributed by atoms with Crippen molar-refractivity contribution in [1.82, 2.24) is 4.98 Å². The molecule has 3 atom stereocenters. The predicted octanol–water partition coefficient (Wildman–Crippen LogP) is 4.07. The third-order valence-electron chi connectivity index (χ3n) is 5.45.